The van der Waals surface area contributed by atoms with Gasteiger partial charge in [0.2, 0.25) is 11.8 Å². The minimum atomic E-state index is -0.114. The molecule has 5 nitrogen and oxygen atoms in total. The maximum Gasteiger partial charge on any atom is 0.226 e. The van der Waals surface area contributed by atoms with E-state index in [9.17, 15) is 9.59 Å². The van der Waals surface area contributed by atoms with E-state index in [1.165, 1.54) is 11.1 Å². The molecule has 0 aliphatic carbocycles. The van der Waals surface area contributed by atoms with Gasteiger partial charge in [-0.25, -0.2) is 0 Å². The van der Waals surface area contributed by atoms with Crippen LogP contribution in [-0.2, 0) is 16.1 Å². The number of nitrogens with zero attached hydrogens (tertiary/aromatic N) is 3. The second-order valence-electron chi connectivity index (χ2n) is 7.03. The summed E-state index contributed by atoms with van der Waals surface area (Å²) in [7, 11) is 1.81. The van der Waals surface area contributed by atoms with Crippen LogP contribution in [0.15, 0.2) is 24.3 Å². The standard InChI is InChI=1S/C19H27N3O2/c1-15-5-3-4-6-17(15)14-21-9-11-22(12-10-21)19(24)16-7-8-20(2)18(23)13-16/h3-6,16H,7-14H2,1-2H3. The Morgan fingerprint density at radius 2 is 1.83 bits per heavy atom. The zero-order valence-corrected chi connectivity index (χ0v) is 14.7. The lowest BCUT2D eigenvalue weighted by molar-refractivity contribution is -0.145. The molecule has 2 fully saturated rings. The zero-order chi connectivity index (χ0) is 17.1. The van der Waals surface area contributed by atoms with E-state index in [0.717, 1.165) is 39.1 Å². The summed E-state index contributed by atoms with van der Waals surface area (Å²) in [5.41, 5.74) is 2.68. The van der Waals surface area contributed by atoms with Crippen LogP contribution in [0.3, 0.4) is 0 Å². The number of benzene rings is 1. The third-order valence-corrected chi connectivity index (χ3v) is 5.35. The van der Waals surface area contributed by atoms with Crippen LogP contribution in [0.5, 0.6) is 0 Å². The lowest BCUT2D eigenvalue weighted by atomic mass is 9.94. The lowest BCUT2D eigenvalue weighted by Crippen LogP contribution is -2.51. The first-order valence-corrected chi connectivity index (χ1v) is 8.84. The monoisotopic (exact) mass is 329 g/mol. The molecule has 0 aromatic heterocycles. The first-order valence-electron chi connectivity index (χ1n) is 8.84. The summed E-state index contributed by atoms with van der Waals surface area (Å²) in [6.45, 7) is 7.13. The van der Waals surface area contributed by atoms with E-state index < -0.39 is 0 Å². The number of piperazine rings is 1. The van der Waals surface area contributed by atoms with Gasteiger partial charge >= 0.3 is 0 Å². The first kappa shape index (κ1) is 17.0. The van der Waals surface area contributed by atoms with Gasteiger partial charge < -0.3 is 9.80 Å². The molecule has 2 heterocycles. The summed E-state index contributed by atoms with van der Waals surface area (Å²) >= 11 is 0. The van der Waals surface area contributed by atoms with E-state index in [-0.39, 0.29) is 17.7 Å². The van der Waals surface area contributed by atoms with Gasteiger partial charge in [-0.3, -0.25) is 14.5 Å². The van der Waals surface area contributed by atoms with E-state index in [4.69, 9.17) is 0 Å². The predicted molar refractivity (Wildman–Crippen MR) is 93.4 cm³/mol. The summed E-state index contributed by atoms with van der Waals surface area (Å²) in [5.74, 6) is 0.154. The lowest BCUT2D eigenvalue weighted by Gasteiger charge is -2.38. The molecular weight excluding hydrogens is 302 g/mol. The molecule has 130 valence electrons. The van der Waals surface area contributed by atoms with Crippen molar-refractivity contribution in [3.8, 4) is 0 Å². The Bertz CT molecular complexity index is 608. The number of likely N-dealkylation sites (tertiary alicyclic amines) is 1. The molecule has 0 spiro atoms. The van der Waals surface area contributed by atoms with Crippen LogP contribution in [0.25, 0.3) is 0 Å². The highest BCUT2D eigenvalue weighted by atomic mass is 16.2. The SMILES string of the molecule is Cc1ccccc1CN1CCN(C(=O)C2CCN(C)C(=O)C2)CC1. The van der Waals surface area contributed by atoms with Crippen molar-refractivity contribution in [1.29, 1.82) is 0 Å². The fourth-order valence-corrected chi connectivity index (χ4v) is 3.57. The molecule has 2 aliphatic rings. The third-order valence-electron chi connectivity index (χ3n) is 5.35. The average Bonchev–Trinajstić information content (AvgIpc) is 2.59. The number of hydrogen-bond acceptors (Lipinski definition) is 3. The molecule has 0 radical (unpaired) electrons. The number of aryl methyl sites for hydroxylation is 1. The molecule has 1 unspecified atom stereocenters. The fourth-order valence-electron chi connectivity index (χ4n) is 3.57. The average molecular weight is 329 g/mol. The van der Waals surface area contributed by atoms with E-state index in [1.54, 1.807) is 4.90 Å². The number of amides is 2. The Morgan fingerprint density at radius 1 is 1.12 bits per heavy atom. The molecule has 3 rings (SSSR count). The largest absolute Gasteiger partial charge is 0.346 e. The number of carbonyl (C=O) groups is 2. The first-order chi connectivity index (χ1) is 11.5. The number of rotatable bonds is 3. The molecule has 0 saturated carbocycles. The number of hydrogen-bond donors (Lipinski definition) is 0. The van der Waals surface area contributed by atoms with Gasteiger partial charge in [0.15, 0.2) is 0 Å². The second-order valence-corrected chi connectivity index (χ2v) is 7.03. The summed E-state index contributed by atoms with van der Waals surface area (Å²) in [6.07, 6.45) is 1.17. The van der Waals surface area contributed by atoms with Gasteiger partial charge in [0.1, 0.15) is 0 Å². The van der Waals surface area contributed by atoms with Gasteiger partial charge in [-0.05, 0) is 24.5 Å². The van der Waals surface area contributed by atoms with Crippen molar-refractivity contribution in [2.45, 2.75) is 26.3 Å². The van der Waals surface area contributed by atoms with Crippen LogP contribution in [0, 0.1) is 12.8 Å². The van der Waals surface area contributed by atoms with Crippen molar-refractivity contribution in [1.82, 2.24) is 14.7 Å². The Labute approximate surface area is 144 Å². The minimum absolute atomic E-state index is 0.0952. The summed E-state index contributed by atoms with van der Waals surface area (Å²) < 4.78 is 0. The van der Waals surface area contributed by atoms with E-state index >= 15 is 0 Å². The maximum absolute atomic E-state index is 12.7. The summed E-state index contributed by atoms with van der Waals surface area (Å²) in [5, 5.41) is 0. The van der Waals surface area contributed by atoms with Crippen molar-refractivity contribution < 1.29 is 9.59 Å². The van der Waals surface area contributed by atoms with E-state index in [0.29, 0.717) is 13.0 Å². The van der Waals surface area contributed by atoms with Crippen molar-refractivity contribution in [3.63, 3.8) is 0 Å². The van der Waals surface area contributed by atoms with E-state index in [2.05, 4.69) is 36.1 Å². The van der Waals surface area contributed by atoms with Gasteiger partial charge in [0, 0.05) is 58.7 Å². The van der Waals surface area contributed by atoms with Gasteiger partial charge in [-0.15, -0.1) is 0 Å². The number of piperidine rings is 1. The Kier molecular flexibility index (Phi) is 5.19. The Balaban J connectivity index is 1.51. The molecule has 2 saturated heterocycles. The molecule has 2 aliphatic heterocycles. The molecule has 0 N–H and O–H groups in total. The highest BCUT2D eigenvalue weighted by Gasteiger charge is 2.32. The van der Waals surface area contributed by atoms with Gasteiger partial charge in [0.05, 0.1) is 0 Å². The van der Waals surface area contributed by atoms with Gasteiger partial charge in [-0.1, -0.05) is 24.3 Å². The topological polar surface area (TPSA) is 43.9 Å². The molecule has 0 bridgehead atoms. The van der Waals surface area contributed by atoms with Crippen LogP contribution in [0.1, 0.15) is 24.0 Å². The number of carbonyl (C=O) groups excluding carboxylic acids is 2. The highest BCUT2D eigenvalue weighted by molar-refractivity contribution is 5.87. The maximum atomic E-state index is 12.7. The van der Waals surface area contributed by atoms with Crippen LogP contribution in [0.4, 0.5) is 0 Å². The smallest absolute Gasteiger partial charge is 0.226 e. The van der Waals surface area contributed by atoms with Crippen LogP contribution in [-0.4, -0.2) is 66.3 Å². The Morgan fingerprint density at radius 3 is 2.50 bits per heavy atom. The highest BCUT2D eigenvalue weighted by Crippen LogP contribution is 2.21. The molecule has 5 heteroatoms. The third kappa shape index (κ3) is 3.78. The summed E-state index contributed by atoms with van der Waals surface area (Å²) in [4.78, 5) is 30.6. The van der Waals surface area contributed by atoms with E-state index in [1.807, 2.05) is 11.9 Å². The fraction of sp³-hybridized carbons (Fsp3) is 0.579. The minimum Gasteiger partial charge on any atom is -0.346 e. The van der Waals surface area contributed by atoms with Crippen molar-refractivity contribution in [2.75, 3.05) is 39.8 Å². The van der Waals surface area contributed by atoms with Gasteiger partial charge in [-0.2, -0.15) is 0 Å². The van der Waals surface area contributed by atoms with Crippen LogP contribution < -0.4 is 0 Å². The quantitative estimate of drug-likeness (QED) is 0.844. The Hall–Kier alpha value is -1.88. The van der Waals surface area contributed by atoms with Crippen molar-refractivity contribution in [2.24, 2.45) is 5.92 Å². The molecule has 1 aromatic carbocycles. The molecule has 24 heavy (non-hydrogen) atoms. The molecular formula is C19H27N3O2. The van der Waals surface area contributed by atoms with Crippen LogP contribution in [0.2, 0.25) is 0 Å². The predicted octanol–water partition coefficient (Wildman–Crippen LogP) is 1.51. The van der Waals surface area contributed by atoms with Gasteiger partial charge in [0.25, 0.3) is 0 Å². The molecule has 1 atom stereocenters. The second kappa shape index (κ2) is 7.34. The normalized spacial score (nSPS) is 22.8. The summed E-state index contributed by atoms with van der Waals surface area (Å²) in [6, 6.07) is 8.47. The molecule has 1 aromatic rings. The van der Waals surface area contributed by atoms with Crippen LogP contribution >= 0.6 is 0 Å². The van der Waals surface area contributed by atoms with Crippen molar-refractivity contribution in [3.05, 3.63) is 35.4 Å². The van der Waals surface area contributed by atoms with Crippen molar-refractivity contribution >= 4 is 11.8 Å². The molecule has 2 amide bonds. The zero-order valence-electron chi connectivity index (χ0n) is 14.7.